The molecule has 0 radical (unpaired) electrons. The van der Waals surface area contributed by atoms with Gasteiger partial charge in [-0.1, -0.05) is 73.1 Å². The Morgan fingerprint density at radius 2 is 1.76 bits per heavy atom. The lowest BCUT2D eigenvalue weighted by Crippen LogP contribution is -2.50. The SMILES string of the molecule is C=C1CCC[C@]2(C)C[C@H]3OC(=O)[C@@H](CN4CCN([C@@H](c5ccccc5)c5ccc(Cl)cc5)CC4)[C@H]3C[C@@H]12. The molecule has 2 aromatic rings. The number of rotatable bonds is 5. The lowest BCUT2D eigenvalue weighted by molar-refractivity contribution is -0.146. The zero-order chi connectivity index (χ0) is 25.6. The van der Waals surface area contributed by atoms with Crippen molar-refractivity contribution < 1.29 is 9.53 Å². The molecular formula is C32H39ClN2O2. The van der Waals surface area contributed by atoms with Gasteiger partial charge in [-0.15, -0.1) is 0 Å². The lowest BCUT2D eigenvalue weighted by Gasteiger charge is -2.50. The fraction of sp³-hybridized carbons (Fsp3) is 0.531. The van der Waals surface area contributed by atoms with Crippen molar-refractivity contribution in [1.82, 2.24) is 9.80 Å². The molecular weight excluding hydrogens is 480 g/mol. The van der Waals surface area contributed by atoms with Crippen molar-refractivity contribution in [2.45, 2.75) is 51.2 Å². The molecule has 5 heteroatoms. The highest BCUT2D eigenvalue weighted by Gasteiger charge is 2.55. The van der Waals surface area contributed by atoms with Crippen LogP contribution in [0.5, 0.6) is 0 Å². The third-order valence-electron chi connectivity index (χ3n) is 9.85. The van der Waals surface area contributed by atoms with Crippen LogP contribution in [0.15, 0.2) is 66.7 Å². The molecule has 0 amide bonds. The number of hydrogen-bond donors (Lipinski definition) is 0. The Labute approximate surface area is 226 Å². The van der Waals surface area contributed by atoms with E-state index < -0.39 is 0 Å². The molecule has 6 rings (SSSR count). The van der Waals surface area contributed by atoms with Crippen molar-refractivity contribution in [2.24, 2.45) is 23.2 Å². The van der Waals surface area contributed by atoms with Gasteiger partial charge in [-0.2, -0.15) is 0 Å². The quantitative estimate of drug-likeness (QED) is 0.340. The second-order valence-corrected chi connectivity index (χ2v) is 12.5. The summed E-state index contributed by atoms with van der Waals surface area (Å²) < 4.78 is 6.04. The molecule has 0 spiro atoms. The number of ether oxygens (including phenoxy) is 1. The van der Waals surface area contributed by atoms with Crippen LogP contribution < -0.4 is 0 Å². The van der Waals surface area contributed by atoms with E-state index in [4.69, 9.17) is 16.3 Å². The number of nitrogens with zero attached hydrogens (tertiary/aromatic N) is 2. The van der Waals surface area contributed by atoms with Crippen LogP contribution in [-0.2, 0) is 9.53 Å². The summed E-state index contributed by atoms with van der Waals surface area (Å²) in [5.74, 6) is 0.914. The van der Waals surface area contributed by atoms with Crippen molar-refractivity contribution in [1.29, 1.82) is 0 Å². The molecule has 4 fully saturated rings. The fourth-order valence-corrected chi connectivity index (χ4v) is 7.97. The lowest BCUT2D eigenvalue weighted by atomic mass is 9.55. The van der Waals surface area contributed by atoms with Gasteiger partial charge >= 0.3 is 5.97 Å². The van der Waals surface area contributed by atoms with Gasteiger partial charge in [0, 0.05) is 43.7 Å². The van der Waals surface area contributed by atoms with E-state index in [0.29, 0.717) is 11.8 Å². The first-order valence-corrected chi connectivity index (χ1v) is 14.4. The van der Waals surface area contributed by atoms with E-state index in [1.807, 2.05) is 12.1 Å². The van der Waals surface area contributed by atoms with Gasteiger partial charge in [-0.05, 0) is 66.7 Å². The second kappa shape index (κ2) is 10.2. The average Bonchev–Trinajstić information content (AvgIpc) is 3.19. The number of hydrogen-bond acceptors (Lipinski definition) is 4. The Morgan fingerprint density at radius 1 is 1.05 bits per heavy atom. The van der Waals surface area contributed by atoms with Crippen LogP contribution in [0.3, 0.4) is 0 Å². The maximum absolute atomic E-state index is 13.1. The van der Waals surface area contributed by atoms with Crippen molar-refractivity contribution in [2.75, 3.05) is 32.7 Å². The molecule has 2 saturated carbocycles. The molecule has 0 N–H and O–H groups in total. The van der Waals surface area contributed by atoms with E-state index in [9.17, 15) is 4.79 Å². The van der Waals surface area contributed by atoms with E-state index in [1.54, 1.807) is 0 Å². The van der Waals surface area contributed by atoms with Crippen molar-refractivity contribution in [3.8, 4) is 0 Å². The van der Waals surface area contributed by atoms with Crippen LogP contribution in [0.4, 0.5) is 0 Å². The Balaban J connectivity index is 1.13. The molecule has 6 atom stereocenters. The predicted molar refractivity (Wildman–Crippen MR) is 148 cm³/mol. The van der Waals surface area contributed by atoms with Gasteiger partial charge in [-0.25, -0.2) is 0 Å². The van der Waals surface area contributed by atoms with E-state index in [1.165, 1.54) is 29.5 Å². The van der Waals surface area contributed by atoms with Gasteiger partial charge in [0.15, 0.2) is 0 Å². The zero-order valence-corrected chi connectivity index (χ0v) is 22.7. The third kappa shape index (κ3) is 4.89. The van der Waals surface area contributed by atoms with Crippen molar-refractivity contribution in [3.05, 3.63) is 82.9 Å². The first kappa shape index (κ1) is 25.2. The molecule has 0 unspecified atom stereocenters. The maximum Gasteiger partial charge on any atom is 0.310 e. The Morgan fingerprint density at radius 3 is 2.49 bits per heavy atom. The van der Waals surface area contributed by atoms with E-state index >= 15 is 0 Å². The molecule has 4 aliphatic rings. The van der Waals surface area contributed by atoms with Gasteiger partial charge in [0.2, 0.25) is 0 Å². The number of esters is 1. The second-order valence-electron chi connectivity index (χ2n) is 12.1. The summed E-state index contributed by atoms with van der Waals surface area (Å²) in [6, 6.07) is 19.2. The molecule has 2 aliphatic carbocycles. The van der Waals surface area contributed by atoms with Crippen LogP contribution in [0.1, 0.15) is 56.2 Å². The van der Waals surface area contributed by atoms with Crippen LogP contribution >= 0.6 is 11.6 Å². The molecule has 4 nitrogen and oxygen atoms in total. The molecule has 196 valence electrons. The predicted octanol–water partition coefficient (Wildman–Crippen LogP) is 6.36. The minimum Gasteiger partial charge on any atom is -0.462 e. The Kier molecular flexibility index (Phi) is 6.94. The first-order chi connectivity index (χ1) is 17.9. The van der Waals surface area contributed by atoms with Crippen LogP contribution in [0, 0.1) is 23.2 Å². The minimum absolute atomic E-state index is 0.00277. The fourth-order valence-electron chi connectivity index (χ4n) is 7.84. The molecule has 2 aliphatic heterocycles. The number of allylic oxidation sites excluding steroid dienone is 1. The summed E-state index contributed by atoms with van der Waals surface area (Å²) in [6.45, 7) is 11.5. The van der Waals surface area contributed by atoms with E-state index in [-0.39, 0.29) is 29.4 Å². The van der Waals surface area contributed by atoms with Gasteiger partial charge in [0.25, 0.3) is 0 Å². The summed E-state index contributed by atoms with van der Waals surface area (Å²) in [6.07, 6.45) is 5.79. The molecule has 2 heterocycles. The highest BCUT2D eigenvalue weighted by Crippen LogP contribution is 2.57. The van der Waals surface area contributed by atoms with E-state index in [2.05, 4.69) is 65.8 Å². The van der Waals surface area contributed by atoms with Crippen molar-refractivity contribution in [3.63, 3.8) is 0 Å². The number of halogens is 1. The normalized spacial score (nSPS) is 33.5. The van der Waals surface area contributed by atoms with Gasteiger partial charge in [0.1, 0.15) is 6.10 Å². The molecule has 2 saturated heterocycles. The number of benzene rings is 2. The highest BCUT2D eigenvalue weighted by atomic mass is 35.5. The summed E-state index contributed by atoms with van der Waals surface area (Å²) in [7, 11) is 0. The number of piperazine rings is 1. The van der Waals surface area contributed by atoms with Crippen molar-refractivity contribution >= 4 is 17.6 Å². The molecule has 37 heavy (non-hydrogen) atoms. The standard InChI is InChI=1S/C32H39ClN2O2/c1-22-7-6-14-32(2)20-29-26(19-28(22)32)27(31(36)37-29)21-34-15-17-35(18-16-34)30(23-8-4-3-5-9-23)24-10-12-25(33)13-11-24/h3-5,8-13,26-30H,1,6-7,14-21H2,2H3/t26-,27+,28+,29-,30+,32-/m1/s1. The summed E-state index contributed by atoms with van der Waals surface area (Å²) >= 11 is 6.20. The highest BCUT2D eigenvalue weighted by molar-refractivity contribution is 6.30. The topological polar surface area (TPSA) is 32.8 Å². The monoisotopic (exact) mass is 518 g/mol. The largest absolute Gasteiger partial charge is 0.462 e. The number of carbonyl (C=O) groups is 1. The number of carbonyl (C=O) groups excluding carboxylic acids is 1. The van der Waals surface area contributed by atoms with E-state index in [0.717, 1.165) is 57.0 Å². The summed E-state index contributed by atoms with van der Waals surface area (Å²) in [5.41, 5.74) is 4.24. The van der Waals surface area contributed by atoms with Crippen LogP contribution in [0.25, 0.3) is 0 Å². The van der Waals surface area contributed by atoms with Gasteiger partial charge in [0.05, 0.1) is 12.0 Å². The summed E-state index contributed by atoms with van der Waals surface area (Å²) in [5, 5.41) is 0.766. The smallest absolute Gasteiger partial charge is 0.310 e. The first-order valence-electron chi connectivity index (χ1n) is 14.1. The molecule has 0 aromatic heterocycles. The molecule has 0 bridgehead atoms. The van der Waals surface area contributed by atoms with Gasteiger partial charge < -0.3 is 4.74 Å². The molecule has 2 aromatic carbocycles. The van der Waals surface area contributed by atoms with Crippen LogP contribution in [0.2, 0.25) is 5.02 Å². The summed E-state index contributed by atoms with van der Waals surface area (Å²) in [4.78, 5) is 18.2. The number of fused-ring (bicyclic) bond motifs is 2. The Bertz CT molecular complexity index is 1130. The maximum atomic E-state index is 13.1. The Hall–Kier alpha value is -2.14. The average molecular weight is 519 g/mol. The van der Waals surface area contributed by atoms with Gasteiger partial charge in [-0.3, -0.25) is 14.6 Å². The zero-order valence-electron chi connectivity index (χ0n) is 21.9. The van der Waals surface area contributed by atoms with Crippen LogP contribution in [-0.4, -0.2) is 54.6 Å². The minimum atomic E-state index is -0.00277. The third-order valence-corrected chi connectivity index (χ3v) is 10.1.